The zero-order valence-electron chi connectivity index (χ0n) is 32.5. The fourth-order valence-electron chi connectivity index (χ4n) is 7.30. The summed E-state index contributed by atoms with van der Waals surface area (Å²) in [4.78, 5) is 11.0. The molecule has 5 heterocycles. The van der Waals surface area contributed by atoms with Crippen LogP contribution in [0, 0.1) is 32.6 Å². The molecule has 0 unspecified atom stereocenters. The van der Waals surface area contributed by atoms with Crippen molar-refractivity contribution < 1.29 is 5.11 Å². The fraction of sp³-hybridized carbons (Fsp3) is 0.115. The summed E-state index contributed by atoms with van der Waals surface area (Å²) < 4.78 is 4.49. The highest BCUT2D eigenvalue weighted by Crippen LogP contribution is 2.43. The summed E-state index contributed by atoms with van der Waals surface area (Å²) in [5.74, 6) is 6.19. The molecule has 4 aromatic carbocycles. The summed E-state index contributed by atoms with van der Waals surface area (Å²) >= 11 is 3.53. The van der Waals surface area contributed by atoms with Gasteiger partial charge >= 0.3 is 0 Å². The lowest BCUT2D eigenvalue weighted by Crippen LogP contribution is -2.14. The van der Waals surface area contributed by atoms with Crippen molar-refractivity contribution in [1.82, 2.24) is 9.97 Å². The Morgan fingerprint density at radius 3 is 1.16 bits per heavy atom. The van der Waals surface area contributed by atoms with Crippen LogP contribution in [0.3, 0.4) is 0 Å². The quantitative estimate of drug-likeness (QED) is 0.181. The second-order valence-electron chi connectivity index (χ2n) is 15.2. The molecular weight excluding hydrogens is 733 g/mol. The Bertz CT molecular complexity index is 2950. The van der Waals surface area contributed by atoms with Gasteiger partial charge in [0.05, 0.1) is 22.8 Å². The largest absolute Gasteiger partial charge is 0.378 e. The number of nitrogens with zero attached hydrogens (tertiary/aromatic N) is 2. The van der Waals surface area contributed by atoms with E-state index < -0.39 is 5.60 Å². The minimum Gasteiger partial charge on any atom is -0.378 e. The Balaban J connectivity index is 1.44. The minimum atomic E-state index is -1.10. The molecule has 5 heteroatoms. The van der Waals surface area contributed by atoms with Crippen molar-refractivity contribution in [2.75, 3.05) is 0 Å². The summed E-state index contributed by atoms with van der Waals surface area (Å²) in [5.41, 5.74) is 15.7. The first-order valence-electron chi connectivity index (χ1n) is 19.1. The Morgan fingerprint density at radius 1 is 0.456 bits per heavy atom. The summed E-state index contributed by atoms with van der Waals surface area (Å²) in [5, 5.41) is 10.4. The monoisotopic (exact) mass is 772 g/mol. The van der Waals surface area contributed by atoms with Gasteiger partial charge in [-0.15, -0.1) is 22.7 Å². The predicted molar refractivity (Wildman–Crippen MR) is 245 cm³/mol. The molecule has 57 heavy (non-hydrogen) atoms. The topological polar surface area (TPSA) is 46.0 Å². The van der Waals surface area contributed by atoms with Crippen LogP contribution in [0.4, 0.5) is 0 Å². The first-order chi connectivity index (χ1) is 27.6. The third-order valence-corrected chi connectivity index (χ3v) is 12.4. The van der Waals surface area contributed by atoms with E-state index in [0.29, 0.717) is 0 Å². The maximum absolute atomic E-state index is 10.4. The van der Waals surface area contributed by atoms with Crippen molar-refractivity contribution in [3.05, 3.63) is 166 Å². The molecule has 1 N–H and O–H groups in total. The van der Waals surface area contributed by atoms with E-state index in [1.165, 1.54) is 16.7 Å². The third kappa shape index (κ3) is 7.44. The first-order valence-corrected chi connectivity index (χ1v) is 20.7. The van der Waals surface area contributed by atoms with Gasteiger partial charge in [-0.1, -0.05) is 113 Å². The van der Waals surface area contributed by atoms with E-state index in [4.69, 9.17) is 9.97 Å². The van der Waals surface area contributed by atoms with Crippen molar-refractivity contribution in [2.45, 2.75) is 40.2 Å². The van der Waals surface area contributed by atoms with E-state index in [1.807, 2.05) is 12.1 Å². The van der Waals surface area contributed by atoms with E-state index in [1.54, 1.807) is 36.5 Å². The van der Waals surface area contributed by atoms with Crippen LogP contribution in [0.2, 0.25) is 0 Å². The van der Waals surface area contributed by atoms with Gasteiger partial charge in [-0.05, 0) is 118 Å². The van der Waals surface area contributed by atoms with Crippen LogP contribution < -0.4 is 0 Å². The van der Waals surface area contributed by atoms with Crippen molar-refractivity contribution in [1.29, 1.82) is 0 Å². The standard InChI is InChI=1S/C52H40N2OS2/c1-32-9-15-36(16-10-32)48-40-21-22-41(53-40)49(37-17-11-33(2)12-18-37)46-27-28-47(57-46)51(39-8-6-7-35(31-39)29-30-52(4,5)55)43-24-23-42(54-43)50(45-26-25-44(48)56-45)38-19-13-34(3)14-20-38/h6-28,31,55H,1-5H3. The molecule has 0 fully saturated rings. The smallest absolute Gasteiger partial charge is 0.120 e. The maximum Gasteiger partial charge on any atom is 0.120 e. The summed E-state index contributed by atoms with van der Waals surface area (Å²) in [6.45, 7) is 9.78. The number of benzene rings is 4. The molecule has 7 aromatic rings. The zero-order chi connectivity index (χ0) is 39.3. The molecule has 0 saturated heterocycles. The van der Waals surface area contributed by atoms with Gasteiger partial charge in [-0.3, -0.25) is 0 Å². The second-order valence-corrected chi connectivity index (χ2v) is 17.4. The van der Waals surface area contributed by atoms with E-state index in [9.17, 15) is 5.11 Å². The van der Waals surface area contributed by atoms with Gasteiger partial charge in [0.2, 0.25) is 0 Å². The Labute approximate surface area is 342 Å². The van der Waals surface area contributed by atoms with E-state index in [0.717, 1.165) is 91.6 Å². The molecule has 3 nitrogen and oxygen atoms in total. The highest BCUT2D eigenvalue weighted by Gasteiger charge is 2.19. The first kappa shape index (κ1) is 36.5. The molecule has 0 amide bonds. The average Bonchev–Trinajstić information content (AvgIpc) is 4.04. The van der Waals surface area contributed by atoms with Crippen LogP contribution in [0.1, 0.15) is 58.9 Å². The van der Waals surface area contributed by atoms with Gasteiger partial charge in [0.15, 0.2) is 0 Å². The number of rotatable bonds is 4. The van der Waals surface area contributed by atoms with Gasteiger partial charge in [-0.2, -0.15) is 0 Å². The highest BCUT2D eigenvalue weighted by molar-refractivity contribution is 7.24. The van der Waals surface area contributed by atoms with Crippen LogP contribution in [-0.2, 0) is 0 Å². The molecule has 9 rings (SSSR count). The molecule has 0 spiro atoms. The van der Waals surface area contributed by atoms with Gasteiger partial charge in [0.25, 0.3) is 0 Å². The molecule has 2 aliphatic heterocycles. The SMILES string of the molecule is Cc1ccc(-c2c3nc(c(-c4ccc(C)cc4)c4ccc(s4)c(-c4cccc(C#CC(C)(C)O)c4)c4nc(c(-c5ccc(C)cc5)c5ccc2s5)C=C4)C=C3)cc1. The van der Waals surface area contributed by atoms with Crippen molar-refractivity contribution in [3.63, 3.8) is 0 Å². The van der Waals surface area contributed by atoms with Gasteiger partial charge in [0, 0.05) is 46.6 Å². The summed E-state index contributed by atoms with van der Waals surface area (Å²) in [7, 11) is 0. The van der Waals surface area contributed by atoms with Gasteiger partial charge in [-0.25, -0.2) is 9.97 Å². The second kappa shape index (κ2) is 14.7. The van der Waals surface area contributed by atoms with E-state index in [-0.39, 0.29) is 0 Å². The molecule has 2 aliphatic rings. The Kier molecular flexibility index (Phi) is 9.43. The maximum atomic E-state index is 10.4. The van der Waals surface area contributed by atoms with E-state index >= 15 is 0 Å². The normalized spacial score (nSPS) is 12.1. The van der Waals surface area contributed by atoms with Crippen LogP contribution in [0.25, 0.3) is 87.6 Å². The van der Waals surface area contributed by atoms with Crippen LogP contribution in [0.5, 0.6) is 0 Å². The molecule has 0 radical (unpaired) electrons. The third-order valence-electron chi connectivity index (χ3n) is 10.2. The number of thiophene rings is 2. The average molecular weight is 773 g/mol. The van der Waals surface area contributed by atoms with Crippen molar-refractivity contribution in [3.8, 4) is 56.3 Å². The summed E-state index contributed by atoms with van der Waals surface area (Å²) in [6.07, 6.45) is 8.67. The number of hydrogen-bond acceptors (Lipinski definition) is 5. The van der Waals surface area contributed by atoms with Crippen LogP contribution in [0.15, 0.2) is 121 Å². The number of aryl methyl sites for hydroxylation is 3. The zero-order valence-corrected chi connectivity index (χ0v) is 34.1. The predicted octanol–water partition coefficient (Wildman–Crippen LogP) is 13.8. The van der Waals surface area contributed by atoms with Crippen molar-refractivity contribution >= 4 is 65.8 Å². The molecule has 0 saturated carbocycles. The molecule has 0 aliphatic carbocycles. The summed E-state index contributed by atoms with van der Waals surface area (Å²) in [6, 6.07) is 43.5. The van der Waals surface area contributed by atoms with E-state index in [2.05, 4.69) is 166 Å². The number of aromatic nitrogens is 2. The fourth-order valence-corrected chi connectivity index (χ4v) is 9.61. The van der Waals surface area contributed by atoms with Crippen molar-refractivity contribution in [2.24, 2.45) is 0 Å². The van der Waals surface area contributed by atoms with Gasteiger partial charge < -0.3 is 5.11 Å². The van der Waals surface area contributed by atoms with Crippen LogP contribution >= 0.6 is 22.7 Å². The molecule has 8 bridgehead atoms. The molecule has 3 aromatic heterocycles. The molecule has 0 atom stereocenters. The number of aliphatic hydroxyl groups is 1. The molecular formula is C52H40N2OS2. The number of fused-ring (bicyclic) bond motifs is 8. The lowest BCUT2D eigenvalue weighted by atomic mass is 10.0. The molecule has 276 valence electrons. The number of hydrogen-bond donors (Lipinski definition) is 1. The lowest BCUT2D eigenvalue weighted by molar-refractivity contribution is 0.143. The highest BCUT2D eigenvalue weighted by atomic mass is 32.1. The van der Waals surface area contributed by atoms with Crippen LogP contribution in [-0.4, -0.2) is 20.7 Å². The minimum absolute atomic E-state index is 0.830. The Hall–Kier alpha value is -6.16. The Morgan fingerprint density at radius 2 is 0.807 bits per heavy atom. The lowest BCUT2D eigenvalue weighted by Gasteiger charge is -2.08. The van der Waals surface area contributed by atoms with Gasteiger partial charge in [0.1, 0.15) is 5.60 Å².